The van der Waals surface area contributed by atoms with E-state index in [2.05, 4.69) is 13.8 Å². The zero-order valence-corrected chi connectivity index (χ0v) is 7.09. The van der Waals surface area contributed by atoms with Crippen molar-refractivity contribution in [2.75, 3.05) is 6.54 Å². The van der Waals surface area contributed by atoms with Crippen molar-refractivity contribution in [2.24, 2.45) is 11.8 Å². The van der Waals surface area contributed by atoms with Crippen LogP contribution in [0.5, 0.6) is 0 Å². The summed E-state index contributed by atoms with van der Waals surface area (Å²) in [4.78, 5) is 0. The first-order valence-electron chi connectivity index (χ1n) is 3.71. The third kappa shape index (κ3) is 3.67. The van der Waals surface area contributed by atoms with Gasteiger partial charge in [-0.2, -0.15) is 0 Å². The van der Waals surface area contributed by atoms with Gasteiger partial charge < -0.3 is 0 Å². The Labute approximate surface area is 64.4 Å². The second kappa shape index (κ2) is 4.50. The van der Waals surface area contributed by atoms with Crippen molar-refractivity contribution in [2.45, 2.75) is 27.2 Å². The minimum absolute atomic E-state index is 0.565. The quantitative estimate of drug-likeness (QED) is 0.349. The maximum atomic E-state index is 5.60. The molecule has 0 unspecified atom stereocenters. The first-order chi connectivity index (χ1) is 4.57. The van der Waals surface area contributed by atoms with Crippen LogP contribution in [0.3, 0.4) is 0 Å². The van der Waals surface area contributed by atoms with E-state index < -0.39 is 0 Å². The molecule has 0 saturated carbocycles. The van der Waals surface area contributed by atoms with Crippen molar-refractivity contribution >= 4 is 13.1 Å². The molecule has 0 aliphatic carbocycles. The van der Waals surface area contributed by atoms with E-state index in [0.29, 0.717) is 5.92 Å². The van der Waals surface area contributed by atoms with Gasteiger partial charge in [-0.3, -0.25) is 0 Å². The van der Waals surface area contributed by atoms with Crippen molar-refractivity contribution in [3.63, 3.8) is 0 Å². The molecule has 2 nitrogen and oxygen atoms in total. The van der Waals surface area contributed by atoms with Crippen LogP contribution in [0.2, 0.25) is 0 Å². The fraction of sp³-hybridized carbons (Fsp3) is 0.857. The average molecular weight is 139 g/mol. The van der Waals surface area contributed by atoms with Gasteiger partial charge in [-0.1, -0.05) is 0 Å². The second-order valence-electron chi connectivity index (χ2n) is 2.89. The van der Waals surface area contributed by atoms with E-state index in [0.717, 1.165) is 18.6 Å². The Morgan fingerprint density at radius 2 is 2.10 bits per heavy atom. The molecule has 0 fully saturated rings. The van der Waals surface area contributed by atoms with Gasteiger partial charge in [0, 0.05) is 0 Å². The van der Waals surface area contributed by atoms with Crippen LogP contribution >= 0.6 is 0 Å². The molecule has 10 heavy (non-hydrogen) atoms. The monoisotopic (exact) mass is 139 g/mol. The number of nitrogens with two attached hydrogens (primary N) is 1. The fourth-order valence-corrected chi connectivity index (χ4v) is 0.714. The Morgan fingerprint density at radius 3 is 2.40 bits per heavy atom. The van der Waals surface area contributed by atoms with Crippen LogP contribution in [0.4, 0.5) is 0 Å². The predicted molar refractivity (Wildman–Crippen MR) is 46.8 cm³/mol. The summed E-state index contributed by atoms with van der Waals surface area (Å²) in [5, 5.41) is 1.62. The van der Waals surface area contributed by atoms with Gasteiger partial charge in [0.25, 0.3) is 0 Å². The standard InChI is InChI=1S/C7H16BN2/c1-4-7(8)10(9)5-6(2)3/h6H,4-5,9H2,1-3H3. The van der Waals surface area contributed by atoms with Crippen LogP contribution in [0, 0.1) is 5.92 Å². The van der Waals surface area contributed by atoms with Gasteiger partial charge in [0.05, 0.1) is 0 Å². The second-order valence-corrected chi connectivity index (χ2v) is 2.89. The van der Waals surface area contributed by atoms with Crippen molar-refractivity contribution < 1.29 is 0 Å². The molecule has 0 amide bonds. The van der Waals surface area contributed by atoms with Gasteiger partial charge in [-0.25, -0.2) is 0 Å². The van der Waals surface area contributed by atoms with E-state index in [1.807, 2.05) is 6.92 Å². The summed E-state index contributed by atoms with van der Waals surface area (Å²) in [5.74, 6) is 6.16. The molecule has 2 N–H and O–H groups in total. The molecule has 0 aliphatic heterocycles. The molecule has 3 heteroatoms. The Morgan fingerprint density at radius 1 is 1.60 bits per heavy atom. The molecule has 0 heterocycles. The Balaban J connectivity index is 3.61. The summed E-state index contributed by atoms with van der Waals surface area (Å²) in [6.45, 7) is 7.06. The van der Waals surface area contributed by atoms with Crippen LogP contribution in [-0.2, 0) is 0 Å². The van der Waals surface area contributed by atoms with E-state index in [9.17, 15) is 0 Å². The van der Waals surface area contributed by atoms with Crippen LogP contribution in [0.15, 0.2) is 0 Å². The normalized spacial score (nSPS) is 10.0. The molecule has 0 aliphatic rings. The summed E-state index contributed by atoms with van der Waals surface area (Å²) < 4.78 is 0. The molecule has 57 valence electrons. The Bertz CT molecular complexity index is 112. The molecule has 0 bridgehead atoms. The van der Waals surface area contributed by atoms with E-state index in [4.69, 9.17) is 13.3 Å². The molecule has 0 atom stereocenters. The molecule has 0 saturated heterocycles. The first-order valence-corrected chi connectivity index (χ1v) is 3.71. The molecular weight excluding hydrogens is 123 g/mol. The van der Waals surface area contributed by atoms with Crippen molar-refractivity contribution in [1.82, 2.24) is 5.01 Å². The van der Waals surface area contributed by atoms with Crippen molar-refractivity contribution in [1.29, 1.82) is 0 Å². The molecule has 0 spiro atoms. The van der Waals surface area contributed by atoms with E-state index in [1.54, 1.807) is 5.01 Å². The molecule has 0 rings (SSSR count). The Hall–Kier alpha value is -0.305. The third-order valence-corrected chi connectivity index (χ3v) is 1.29. The molecule has 0 aromatic heterocycles. The van der Waals surface area contributed by atoms with Gasteiger partial charge in [-0.05, 0) is 0 Å². The van der Waals surface area contributed by atoms with Crippen LogP contribution in [-0.4, -0.2) is 24.6 Å². The summed E-state index contributed by atoms with van der Waals surface area (Å²) in [6.07, 6.45) is 0.823. The predicted octanol–water partition coefficient (Wildman–Crippen LogP) is 0.526. The fourth-order valence-electron chi connectivity index (χ4n) is 0.714. The van der Waals surface area contributed by atoms with Crippen molar-refractivity contribution in [3.05, 3.63) is 0 Å². The number of hydrazine groups is 1. The number of nitrogens with zero attached hydrogens (tertiary/aromatic N) is 1. The number of rotatable bonds is 4. The van der Waals surface area contributed by atoms with Crippen LogP contribution in [0.1, 0.15) is 27.2 Å². The first kappa shape index (κ1) is 9.69. The zero-order valence-electron chi connectivity index (χ0n) is 7.09. The number of hydrogen-bond donors (Lipinski definition) is 1. The van der Waals surface area contributed by atoms with Crippen molar-refractivity contribution in [3.8, 4) is 0 Å². The third-order valence-electron chi connectivity index (χ3n) is 1.29. The van der Waals surface area contributed by atoms with Gasteiger partial charge in [0.15, 0.2) is 0 Å². The summed E-state index contributed by atoms with van der Waals surface area (Å²) in [6, 6.07) is 0. The topological polar surface area (TPSA) is 29.3 Å². The van der Waals surface area contributed by atoms with E-state index in [-0.39, 0.29) is 0 Å². The Kier molecular flexibility index (Phi) is 4.36. The molecule has 0 aromatic carbocycles. The summed E-state index contributed by atoms with van der Waals surface area (Å²) >= 11 is 0. The maximum absolute atomic E-state index is 5.60. The van der Waals surface area contributed by atoms with Crippen LogP contribution in [0.25, 0.3) is 0 Å². The van der Waals surface area contributed by atoms with Crippen LogP contribution < -0.4 is 5.84 Å². The molecular formula is C7H16BN2. The summed E-state index contributed by atoms with van der Waals surface area (Å²) in [7, 11) is 5.58. The van der Waals surface area contributed by atoms with Gasteiger partial charge in [0.2, 0.25) is 0 Å². The van der Waals surface area contributed by atoms with E-state index in [1.165, 1.54) is 0 Å². The SMILES string of the molecule is [B]=C(CC)N(N)CC(C)C. The number of hydrogen-bond acceptors (Lipinski definition) is 2. The molecule has 0 aromatic rings. The van der Waals surface area contributed by atoms with Gasteiger partial charge in [0.1, 0.15) is 0 Å². The van der Waals surface area contributed by atoms with E-state index >= 15 is 0 Å². The zero-order chi connectivity index (χ0) is 8.15. The molecule has 1 radical (unpaired) electrons. The van der Waals surface area contributed by atoms with Gasteiger partial charge in [-0.15, -0.1) is 0 Å². The average Bonchev–Trinajstić information content (AvgIpc) is 1.85. The minimum atomic E-state index is 0.565. The van der Waals surface area contributed by atoms with Gasteiger partial charge >= 0.3 is 63.6 Å². The summed E-state index contributed by atoms with van der Waals surface area (Å²) in [5.41, 5.74) is 0.758.